The first kappa shape index (κ1) is 22.0. The number of nitrogens with one attached hydrogen (secondary N) is 1. The highest BCUT2D eigenvalue weighted by molar-refractivity contribution is 7.98. The van der Waals surface area contributed by atoms with Crippen molar-refractivity contribution in [2.75, 3.05) is 5.32 Å². The summed E-state index contributed by atoms with van der Waals surface area (Å²) in [7, 11) is 0. The number of anilines is 1. The number of aryl methyl sites for hydroxylation is 2. The molecule has 2 aromatic carbocycles. The number of nitrogens with zero attached hydrogens (tertiary/aromatic N) is 1. The maximum Gasteiger partial charge on any atom is 0.256 e. The van der Waals surface area contributed by atoms with Gasteiger partial charge in [0.2, 0.25) is 0 Å². The van der Waals surface area contributed by atoms with Crippen LogP contribution in [0, 0.1) is 31.6 Å². The fraction of sp³-hybridized carbons (Fsp3) is 0.448. The van der Waals surface area contributed by atoms with E-state index in [0.29, 0.717) is 11.0 Å². The summed E-state index contributed by atoms with van der Waals surface area (Å²) in [5.74, 6) is 4.31. The number of rotatable bonds is 6. The Hall–Kier alpha value is -2.53. The lowest BCUT2D eigenvalue weighted by Crippen LogP contribution is -2.48. The SMILES string of the molecule is Cc1noc(C)c1CSc1ccccc1C(=O)Nc1ccc(C23CC4CC(CC(C4)C2)C3)cc1. The highest BCUT2D eigenvalue weighted by atomic mass is 32.2. The Morgan fingerprint density at radius 3 is 2.26 bits per heavy atom. The molecule has 4 nitrogen and oxygen atoms in total. The quantitative estimate of drug-likeness (QED) is 0.382. The minimum Gasteiger partial charge on any atom is -0.361 e. The van der Waals surface area contributed by atoms with Crippen LogP contribution in [0.1, 0.15) is 71.5 Å². The molecule has 7 rings (SSSR count). The summed E-state index contributed by atoms with van der Waals surface area (Å²) in [6, 6.07) is 16.6. The van der Waals surface area contributed by atoms with Crippen molar-refractivity contribution in [3.63, 3.8) is 0 Å². The van der Waals surface area contributed by atoms with E-state index in [9.17, 15) is 4.79 Å². The minimum absolute atomic E-state index is 0.0654. The Kier molecular flexibility index (Phi) is 5.56. The third-order valence-electron chi connectivity index (χ3n) is 8.48. The van der Waals surface area contributed by atoms with Crippen LogP contribution >= 0.6 is 11.8 Å². The zero-order valence-electron chi connectivity index (χ0n) is 20.0. The molecule has 5 heteroatoms. The molecular formula is C29H32N2O2S. The van der Waals surface area contributed by atoms with Crippen molar-refractivity contribution in [1.29, 1.82) is 0 Å². The highest BCUT2D eigenvalue weighted by Gasteiger charge is 2.51. The Morgan fingerprint density at radius 2 is 1.65 bits per heavy atom. The normalized spacial score (nSPS) is 27.2. The second kappa shape index (κ2) is 8.60. The molecule has 3 aromatic rings. The van der Waals surface area contributed by atoms with Crippen molar-refractivity contribution in [2.24, 2.45) is 17.8 Å². The van der Waals surface area contributed by atoms with Gasteiger partial charge in [-0.15, -0.1) is 11.8 Å². The molecule has 4 saturated carbocycles. The smallest absolute Gasteiger partial charge is 0.256 e. The van der Waals surface area contributed by atoms with Crippen LogP contribution in [0.15, 0.2) is 57.9 Å². The first-order valence-electron chi connectivity index (χ1n) is 12.5. The summed E-state index contributed by atoms with van der Waals surface area (Å²) < 4.78 is 5.28. The maximum absolute atomic E-state index is 13.2. The Balaban J connectivity index is 1.16. The number of carbonyl (C=O) groups excluding carboxylic acids is 1. The standard InChI is InChI=1S/C29H32N2O2S/c1-18-26(19(2)33-31-18)17-34-27-6-4-3-5-25(27)28(32)30-24-9-7-23(8-10-24)29-14-20-11-21(15-29)13-22(12-20)16-29/h3-10,20-22H,11-17H2,1-2H3,(H,30,32). The van der Waals surface area contributed by atoms with Crippen LogP contribution in [0.2, 0.25) is 0 Å². The number of hydrogen-bond donors (Lipinski definition) is 1. The van der Waals surface area contributed by atoms with Gasteiger partial charge in [0.05, 0.1) is 11.3 Å². The number of hydrogen-bond acceptors (Lipinski definition) is 4. The van der Waals surface area contributed by atoms with Crippen molar-refractivity contribution < 1.29 is 9.32 Å². The number of carbonyl (C=O) groups is 1. The first-order valence-corrected chi connectivity index (χ1v) is 13.5. The molecule has 4 aliphatic rings. The molecule has 1 amide bonds. The summed E-state index contributed by atoms with van der Waals surface area (Å²) >= 11 is 1.65. The van der Waals surface area contributed by atoms with E-state index < -0.39 is 0 Å². The van der Waals surface area contributed by atoms with E-state index in [1.807, 2.05) is 38.1 Å². The summed E-state index contributed by atoms with van der Waals surface area (Å²) in [6.07, 6.45) is 8.46. The van der Waals surface area contributed by atoms with E-state index in [2.05, 4.69) is 34.7 Å². The van der Waals surface area contributed by atoms with E-state index >= 15 is 0 Å². The van der Waals surface area contributed by atoms with Crippen molar-refractivity contribution in [1.82, 2.24) is 5.16 Å². The molecule has 34 heavy (non-hydrogen) atoms. The van der Waals surface area contributed by atoms with Gasteiger partial charge in [0.15, 0.2) is 0 Å². The van der Waals surface area contributed by atoms with Crippen LogP contribution in [-0.2, 0) is 11.2 Å². The maximum atomic E-state index is 13.2. The molecule has 4 fully saturated rings. The largest absolute Gasteiger partial charge is 0.361 e. The van der Waals surface area contributed by atoms with E-state index in [0.717, 1.165) is 51.1 Å². The van der Waals surface area contributed by atoms with Crippen LogP contribution in [0.5, 0.6) is 0 Å². The molecule has 1 heterocycles. The molecular weight excluding hydrogens is 440 g/mol. The third kappa shape index (κ3) is 3.98. The fourth-order valence-electron chi connectivity index (χ4n) is 7.21. The molecule has 0 saturated heterocycles. The first-order chi connectivity index (χ1) is 16.5. The lowest BCUT2D eigenvalue weighted by atomic mass is 9.48. The molecule has 4 bridgehead atoms. The number of amides is 1. The third-order valence-corrected chi connectivity index (χ3v) is 9.58. The van der Waals surface area contributed by atoms with Gasteiger partial charge in [-0.1, -0.05) is 29.4 Å². The van der Waals surface area contributed by atoms with Crippen molar-refractivity contribution in [2.45, 2.75) is 68.4 Å². The molecule has 176 valence electrons. The van der Waals surface area contributed by atoms with Crippen molar-refractivity contribution >= 4 is 23.4 Å². The zero-order valence-corrected chi connectivity index (χ0v) is 20.8. The van der Waals surface area contributed by atoms with E-state index in [-0.39, 0.29) is 5.91 Å². The molecule has 0 atom stereocenters. The van der Waals surface area contributed by atoms with E-state index in [4.69, 9.17) is 4.52 Å². The van der Waals surface area contributed by atoms with Crippen LogP contribution in [-0.4, -0.2) is 11.1 Å². The summed E-state index contributed by atoms with van der Waals surface area (Å²) in [5, 5.41) is 7.17. The van der Waals surface area contributed by atoms with Crippen molar-refractivity contribution in [3.05, 3.63) is 76.7 Å². The lowest BCUT2D eigenvalue weighted by Gasteiger charge is -2.57. The summed E-state index contributed by atoms with van der Waals surface area (Å²) in [6.45, 7) is 3.89. The Morgan fingerprint density at radius 1 is 1.00 bits per heavy atom. The van der Waals surface area contributed by atoms with Gasteiger partial charge in [0.25, 0.3) is 5.91 Å². The minimum atomic E-state index is -0.0654. The predicted molar refractivity (Wildman–Crippen MR) is 136 cm³/mol. The molecule has 0 aliphatic heterocycles. The molecule has 4 aliphatic carbocycles. The molecule has 0 unspecified atom stereocenters. The van der Waals surface area contributed by atoms with Crippen molar-refractivity contribution in [3.8, 4) is 0 Å². The van der Waals surface area contributed by atoms with Gasteiger partial charge >= 0.3 is 0 Å². The van der Waals surface area contributed by atoms with Gasteiger partial charge in [-0.25, -0.2) is 0 Å². The highest BCUT2D eigenvalue weighted by Crippen LogP contribution is 2.60. The van der Waals surface area contributed by atoms with Gasteiger partial charge in [0.1, 0.15) is 5.76 Å². The Labute approximate surface area is 205 Å². The topological polar surface area (TPSA) is 55.1 Å². The molecule has 1 N–H and O–H groups in total. The van der Waals surface area contributed by atoms with Gasteiger partial charge in [-0.05, 0) is 105 Å². The van der Waals surface area contributed by atoms with E-state index in [1.54, 1.807) is 11.8 Å². The monoisotopic (exact) mass is 472 g/mol. The molecule has 0 radical (unpaired) electrons. The van der Waals surface area contributed by atoms with Crippen LogP contribution in [0.4, 0.5) is 5.69 Å². The van der Waals surface area contributed by atoms with Crippen LogP contribution in [0.25, 0.3) is 0 Å². The second-order valence-corrected chi connectivity index (χ2v) is 11.8. The van der Waals surface area contributed by atoms with Crippen LogP contribution in [0.3, 0.4) is 0 Å². The number of thioether (sulfide) groups is 1. The predicted octanol–water partition coefficient (Wildman–Crippen LogP) is 7.30. The zero-order chi connectivity index (χ0) is 23.3. The number of aromatic nitrogens is 1. The van der Waals surface area contributed by atoms with Gasteiger partial charge < -0.3 is 9.84 Å². The lowest BCUT2D eigenvalue weighted by molar-refractivity contribution is -0.00518. The summed E-state index contributed by atoms with van der Waals surface area (Å²) in [4.78, 5) is 14.1. The molecule has 1 aromatic heterocycles. The van der Waals surface area contributed by atoms with Crippen LogP contribution < -0.4 is 5.32 Å². The van der Waals surface area contributed by atoms with E-state index in [1.165, 1.54) is 44.1 Å². The average molecular weight is 473 g/mol. The van der Waals surface area contributed by atoms with Gasteiger partial charge in [-0.2, -0.15) is 0 Å². The summed E-state index contributed by atoms with van der Waals surface area (Å²) in [5.41, 5.74) is 5.44. The Bertz CT molecular complexity index is 1160. The van der Waals surface area contributed by atoms with Gasteiger partial charge in [-0.3, -0.25) is 4.79 Å². The second-order valence-electron chi connectivity index (χ2n) is 10.8. The van der Waals surface area contributed by atoms with Gasteiger partial charge in [0, 0.05) is 21.9 Å². The fourth-order valence-corrected chi connectivity index (χ4v) is 8.41. The number of benzene rings is 2. The molecule has 0 spiro atoms. The average Bonchev–Trinajstić information content (AvgIpc) is 3.14.